The first kappa shape index (κ1) is 16.7. The number of rotatable bonds is 6. The third-order valence-electron chi connectivity index (χ3n) is 3.16. The van der Waals surface area contributed by atoms with E-state index >= 15 is 0 Å². The molecule has 0 radical (unpaired) electrons. The van der Waals surface area contributed by atoms with Gasteiger partial charge in [0, 0.05) is 0 Å². The maximum atomic E-state index is 11.7. The number of carboxylic acid groups (broad SMARTS) is 1. The molecule has 1 rings (SSSR count). The van der Waals surface area contributed by atoms with Gasteiger partial charge in [-0.3, -0.25) is 4.79 Å². The molecule has 1 atom stereocenters. The molecule has 1 aliphatic rings. The lowest BCUT2D eigenvalue weighted by Gasteiger charge is -2.27. The Hall–Kier alpha value is -1.35. The van der Waals surface area contributed by atoms with E-state index in [4.69, 9.17) is 5.11 Å². The number of nitrogens with one attached hydrogen (secondary N) is 2. The molecule has 8 nitrogen and oxygen atoms in total. The molecule has 0 aliphatic heterocycles. The van der Waals surface area contributed by atoms with Crippen LogP contribution in [-0.4, -0.2) is 38.2 Å². The second-order valence-electron chi connectivity index (χ2n) is 4.66. The van der Waals surface area contributed by atoms with Crippen LogP contribution in [0, 0.1) is 5.92 Å². The van der Waals surface area contributed by atoms with Crippen molar-refractivity contribution in [2.75, 3.05) is 6.61 Å². The van der Waals surface area contributed by atoms with Gasteiger partial charge in [-0.05, 0) is 25.7 Å². The van der Waals surface area contributed by atoms with Crippen molar-refractivity contribution in [3.8, 4) is 0 Å². The number of amides is 1. The zero-order valence-corrected chi connectivity index (χ0v) is 12.1. The van der Waals surface area contributed by atoms with Gasteiger partial charge in [-0.1, -0.05) is 19.3 Å². The summed E-state index contributed by atoms with van der Waals surface area (Å²) in [5.74, 6) is -1.51. The summed E-state index contributed by atoms with van der Waals surface area (Å²) in [6, 6.07) is -1.23. The molecule has 20 heavy (non-hydrogen) atoms. The first-order valence-electron chi connectivity index (χ1n) is 6.55. The number of aliphatic carboxylic acids is 1. The van der Waals surface area contributed by atoms with Gasteiger partial charge < -0.3 is 9.84 Å². The van der Waals surface area contributed by atoms with E-state index in [2.05, 4.69) is 4.74 Å². The van der Waals surface area contributed by atoms with Gasteiger partial charge in [0.15, 0.2) is 0 Å². The van der Waals surface area contributed by atoms with Crippen molar-refractivity contribution in [1.82, 2.24) is 9.44 Å². The number of carbonyl (C=O) groups excluding carboxylic acids is 1. The van der Waals surface area contributed by atoms with E-state index in [1.54, 1.807) is 4.72 Å². The van der Waals surface area contributed by atoms with Crippen molar-refractivity contribution in [2.45, 2.75) is 45.1 Å². The van der Waals surface area contributed by atoms with Crippen molar-refractivity contribution in [1.29, 1.82) is 0 Å². The van der Waals surface area contributed by atoms with Gasteiger partial charge in [-0.2, -0.15) is 13.1 Å². The Balaban J connectivity index is 2.68. The molecule has 1 unspecified atom stereocenters. The quantitative estimate of drug-likeness (QED) is 0.660. The van der Waals surface area contributed by atoms with Crippen LogP contribution in [0.3, 0.4) is 0 Å². The SMILES string of the molecule is CCOC(=O)NS(=O)(=O)NC(C(=O)O)C1CCCCC1. The summed E-state index contributed by atoms with van der Waals surface area (Å²) in [4.78, 5) is 22.3. The maximum Gasteiger partial charge on any atom is 0.421 e. The number of ether oxygens (including phenoxy) is 1. The van der Waals surface area contributed by atoms with Crippen LogP contribution in [0.4, 0.5) is 4.79 Å². The standard InChI is InChI=1S/C11H20N2O6S/c1-2-19-11(16)13-20(17,18)12-9(10(14)15)8-6-4-3-5-7-8/h8-9,12H,2-7H2,1H3,(H,13,16)(H,14,15). The molecule has 1 aliphatic carbocycles. The lowest BCUT2D eigenvalue weighted by atomic mass is 9.84. The van der Waals surface area contributed by atoms with Crippen molar-refractivity contribution in [2.24, 2.45) is 5.92 Å². The molecule has 1 fully saturated rings. The summed E-state index contributed by atoms with van der Waals surface area (Å²) in [6.07, 6.45) is 2.95. The average molecular weight is 308 g/mol. The highest BCUT2D eigenvalue weighted by Crippen LogP contribution is 2.26. The van der Waals surface area contributed by atoms with Crippen LogP contribution in [0.15, 0.2) is 0 Å². The van der Waals surface area contributed by atoms with Crippen LogP contribution in [0.5, 0.6) is 0 Å². The smallest absolute Gasteiger partial charge is 0.421 e. The summed E-state index contributed by atoms with van der Waals surface area (Å²) in [7, 11) is -4.25. The first-order valence-corrected chi connectivity index (χ1v) is 8.03. The molecule has 0 aromatic heterocycles. The molecule has 1 saturated carbocycles. The maximum absolute atomic E-state index is 11.7. The third-order valence-corrected chi connectivity index (χ3v) is 4.16. The van der Waals surface area contributed by atoms with E-state index in [-0.39, 0.29) is 12.5 Å². The van der Waals surface area contributed by atoms with Crippen molar-refractivity contribution < 1.29 is 27.9 Å². The van der Waals surface area contributed by atoms with Gasteiger partial charge in [-0.15, -0.1) is 0 Å². The molecular formula is C11H20N2O6S. The summed E-state index contributed by atoms with van der Waals surface area (Å²) in [6.45, 7) is 1.55. The minimum absolute atomic E-state index is 0.0202. The second kappa shape index (κ2) is 7.44. The van der Waals surface area contributed by atoms with Crippen LogP contribution in [0.1, 0.15) is 39.0 Å². The summed E-state index contributed by atoms with van der Waals surface area (Å²) in [5, 5.41) is 9.16. The Morgan fingerprint density at radius 3 is 2.40 bits per heavy atom. The van der Waals surface area contributed by atoms with Crippen LogP contribution >= 0.6 is 0 Å². The first-order chi connectivity index (χ1) is 9.35. The predicted octanol–water partition coefficient (Wildman–Crippen LogP) is 0.600. The Kier molecular flexibility index (Phi) is 6.21. The van der Waals surface area contributed by atoms with E-state index in [0.717, 1.165) is 19.3 Å². The fourth-order valence-electron chi connectivity index (χ4n) is 2.28. The Bertz CT molecular complexity index is 444. The third kappa shape index (κ3) is 5.33. The molecule has 116 valence electrons. The van der Waals surface area contributed by atoms with Crippen LogP contribution in [0.2, 0.25) is 0 Å². The predicted molar refractivity (Wildman–Crippen MR) is 70.2 cm³/mol. The highest BCUT2D eigenvalue weighted by atomic mass is 32.2. The van der Waals surface area contributed by atoms with Crippen LogP contribution < -0.4 is 9.44 Å². The van der Waals surface area contributed by atoms with Gasteiger partial charge in [0.05, 0.1) is 6.61 Å². The summed E-state index contributed by atoms with van der Waals surface area (Å²) < 4.78 is 31.5. The molecule has 0 spiro atoms. The summed E-state index contributed by atoms with van der Waals surface area (Å²) in [5.41, 5.74) is 0. The molecule has 0 bridgehead atoms. The van der Waals surface area contributed by atoms with E-state index in [9.17, 15) is 18.0 Å². The van der Waals surface area contributed by atoms with Gasteiger partial charge in [0.2, 0.25) is 0 Å². The Morgan fingerprint density at radius 1 is 1.30 bits per heavy atom. The highest BCUT2D eigenvalue weighted by molar-refractivity contribution is 7.88. The molecule has 0 aromatic rings. The lowest BCUT2D eigenvalue weighted by molar-refractivity contribution is -0.140. The average Bonchev–Trinajstić information content (AvgIpc) is 2.36. The van der Waals surface area contributed by atoms with Gasteiger partial charge in [0.1, 0.15) is 6.04 Å². The molecule has 1 amide bonds. The van der Waals surface area contributed by atoms with E-state index in [1.807, 2.05) is 4.72 Å². The van der Waals surface area contributed by atoms with Gasteiger partial charge in [-0.25, -0.2) is 9.52 Å². The van der Waals surface area contributed by atoms with Crippen molar-refractivity contribution >= 4 is 22.3 Å². The zero-order valence-electron chi connectivity index (χ0n) is 11.3. The van der Waals surface area contributed by atoms with Gasteiger partial charge in [0.25, 0.3) is 0 Å². The van der Waals surface area contributed by atoms with Gasteiger partial charge >= 0.3 is 22.3 Å². The largest absolute Gasteiger partial charge is 0.480 e. The topological polar surface area (TPSA) is 122 Å². The van der Waals surface area contributed by atoms with Crippen molar-refractivity contribution in [3.63, 3.8) is 0 Å². The molecule has 9 heteroatoms. The molecule has 0 saturated heterocycles. The Morgan fingerprint density at radius 2 is 1.90 bits per heavy atom. The molecular weight excluding hydrogens is 288 g/mol. The highest BCUT2D eigenvalue weighted by Gasteiger charge is 2.33. The zero-order chi connectivity index (χ0) is 15.2. The molecule has 3 N–H and O–H groups in total. The van der Waals surface area contributed by atoms with Crippen molar-refractivity contribution in [3.05, 3.63) is 0 Å². The number of hydrogen-bond donors (Lipinski definition) is 3. The number of carboxylic acids is 1. The molecule has 0 heterocycles. The van der Waals surface area contributed by atoms with Crippen LogP contribution in [-0.2, 0) is 19.7 Å². The van der Waals surface area contributed by atoms with E-state index in [0.29, 0.717) is 12.8 Å². The monoisotopic (exact) mass is 308 g/mol. The van der Waals surface area contributed by atoms with E-state index in [1.165, 1.54) is 6.92 Å². The lowest BCUT2D eigenvalue weighted by Crippen LogP contribution is -2.51. The second-order valence-corrected chi connectivity index (χ2v) is 6.10. The Labute approximate surface area is 118 Å². The van der Waals surface area contributed by atoms with E-state index < -0.39 is 28.3 Å². The van der Waals surface area contributed by atoms with Crippen LogP contribution in [0.25, 0.3) is 0 Å². The minimum Gasteiger partial charge on any atom is -0.480 e. The number of carbonyl (C=O) groups is 2. The minimum atomic E-state index is -4.25. The fourth-order valence-corrected chi connectivity index (χ4v) is 3.25. The normalized spacial score (nSPS) is 18.2. The summed E-state index contributed by atoms with van der Waals surface area (Å²) >= 11 is 0. The number of hydrogen-bond acceptors (Lipinski definition) is 5. The fraction of sp³-hybridized carbons (Fsp3) is 0.818. The molecule has 0 aromatic carbocycles.